The van der Waals surface area contributed by atoms with Gasteiger partial charge in [0.15, 0.2) is 0 Å². The Hall–Kier alpha value is -1.85. The molecular formula is C16H20N2O2S. The van der Waals surface area contributed by atoms with Gasteiger partial charge in [0.1, 0.15) is 0 Å². The molecule has 112 valence electrons. The van der Waals surface area contributed by atoms with Crippen molar-refractivity contribution >= 4 is 15.7 Å². The van der Waals surface area contributed by atoms with E-state index < -0.39 is 10.0 Å². The van der Waals surface area contributed by atoms with Gasteiger partial charge in [0, 0.05) is 5.69 Å². The quantitative estimate of drug-likeness (QED) is 0.891. The molecule has 4 nitrogen and oxygen atoms in total. The molecule has 0 bridgehead atoms. The lowest BCUT2D eigenvalue weighted by molar-refractivity contribution is 0.598. The summed E-state index contributed by atoms with van der Waals surface area (Å²) in [7, 11) is -3.68. The molecule has 2 aromatic rings. The second-order valence-electron chi connectivity index (χ2n) is 5.09. The molecule has 5 heteroatoms. The van der Waals surface area contributed by atoms with Gasteiger partial charge in [0.25, 0.3) is 0 Å². The van der Waals surface area contributed by atoms with E-state index in [2.05, 4.69) is 36.5 Å². The maximum atomic E-state index is 11.4. The maximum Gasteiger partial charge on any atom is 0.238 e. The van der Waals surface area contributed by atoms with Crippen molar-refractivity contribution in [1.29, 1.82) is 0 Å². The highest BCUT2D eigenvalue weighted by atomic mass is 32.2. The highest BCUT2D eigenvalue weighted by Crippen LogP contribution is 2.24. The van der Waals surface area contributed by atoms with Crippen LogP contribution in [0.15, 0.2) is 53.4 Å². The number of nitrogens with one attached hydrogen (secondary N) is 1. The highest BCUT2D eigenvalue weighted by Gasteiger charge is 2.12. The van der Waals surface area contributed by atoms with Crippen molar-refractivity contribution in [2.24, 2.45) is 5.14 Å². The molecular weight excluding hydrogens is 284 g/mol. The third-order valence-electron chi connectivity index (χ3n) is 3.39. The molecule has 0 radical (unpaired) electrons. The van der Waals surface area contributed by atoms with Crippen molar-refractivity contribution in [1.82, 2.24) is 0 Å². The van der Waals surface area contributed by atoms with Crippen molar-refractivity contribution in [3.8, 4) is 0 Å². The van der Waals surface area contributed by atoms with Crippen LogP contribution in [0.2, 0.25) is 0 Å². The van der Waals surface area contributed by atoms with E-state index in [1.165, 1.54) is 17.2 Å². The molecule has 0 aromatic heterocycles. The van der Waals surface area contributed by atoms with Crippen LogP contribution in [0.4, 0.5) is 5.69 Å². The summed E-state index contributed by atoms with van der Waals surface area (Å²) in [5.41, 5.74) is 3.13. The molecule has 0 aliphatic rings. The van der Waals surface area contributed by atoms with Gasteiger partial charge in [-0.25, -0.2) is 13.6 Å². The van der Waals surface area contributed by atoms with Crippen LogP contribution in [-0.2, 0) is 10.0 Å². The Bertz CT molecular complexity index is 709. The van der Waals surface area contributed by atoms with E-state index in [1.54, 1.807) is 12.1 Å². The van der Waals surface area contributed by atoms with E-state index >= 15 is 0 Å². The third-order valence-corrected chi connectivity index (χ3v) is 4.30. The number of nitrogens with two attached hydrogens (primary N) is 1. The molecule has 0 aliphatic heterocycles. The number of primary sulfonamides is 1. The summed E-state index contributed by atoms with van der Waals surface area (Å²) in [4.78, 5) is 0.117. The van der Waals surface area contributed by atoms with Gasteiger partial charge in [-0.05, 0) is 37.1 Å². The summed E-state index contributed by atoms with van der Waals surface area (Å²) in [5, 5.41) is 8.52. The first-order valence-corrected chi connectivity index (χ1v) is 8.40. The highest BCUT2D eigenvalue weighted by molar-refractivity contribution is 7.89. The largest absolute Gasteiger partial charge is 0.378 e. The first kappa shape index (κ1) is 15.5. The van der Waals surface area contributed by atoms with Gasteiger partial charge >= 0.3 is 0 Å². The summed E-state index contributed by atoms with van der Waals surface area (Å²) in [6.07, 6.45) is 0.892. The SMILES string of the molecule is CCC(Nc1cccc(S(N)(=O)=O)c1)c1ccc(C)cc1. The number of hydrogen-bond donors (Lipinski definition) is 2. The van der Waals surface area contributed by atoms with Gasteiger partial charge in [0.2, 0.25) is 10.0 Å². The van der Waals surface area contributed by atoms with E-state index in [9.17, 15) is 8.42 Å². The van der Waals surface area contributed by atoms with Crippen LogP contribution in [0.5, 0.6) is 0 Å². The lowest BCUT2D eigenvalue weighted by Gasteiger charge is -2.19. The number of aryl methyl sites for hydroxylation is 1. The van der Waals surface area contributed by atoms with Crippen LogP contribution in [-0.4, -0.2) is 8.42 Å². The van der Waals surface area contributed by atoms with Gasteiger partial charge in [-0.1, -0.05) is 42.8 Å². The molecule has 0 saturated heterocycles. The standard InChI is InChI=1S/C16H20N2O2S/c1-3-16(13-9-7-12(2)8-10-13)18-14-5-4-6-15(11-14)21(17,19)20/h4-11,16,18H,3H2,1-2H3,(H2,17,19,20). The number of benzene rings is 2. The van der Waals surface area contributed by atoms with Crippen LogP contribution in [0.25, 0.3) is 0 Å². The molecule has 21 heavy (non-hydrogen) atoms. The molecule has 1 unspecified atom stereocenters. The summed E-state index contributed by atoms with van der Waals surface area (Å²) in [5.74, 6) is 0. The Balaban J connectivity index is 2.25. The van der Waals surface area contributed by atoms with Gasteiger partial charge in [-0.15, -0.1) is 0 Å². The predicted molar refractivity (Wildman–Crippen MR) is 85.6 cm³/mol. The molecule has 3 N–H and O–H groups in total. The molecule has 1 atom stereocenters. The van der Waals surface area contributed by atoms with Crippen molar-refractivity contribution in [3.05, 3.63) is 59.7 Å². The molecule has 0 fully saturated rings. The van der Waals surface area contributed by atoms with Crippen LogP contribution in [0.1, 0.15) is 30.5 Å². The minimum atomic E-state index is -3.68. The van der Waals surface area contributed by atoms with E-state index in [-0.39, 0.29) is 10.9 Å². The fourth-order valence-corrected chi connectivity index (χ4v) is 2.74. The second kappa shape index (κ2) is 6.28. The lowest BCUT2D eigenvalue weighted by Crippen LogP contribution is -2.13. The van der Waals surface area contributed by atoms with E-state index in [0.717, 1.165) is 12.1 Å². The third kappa shape index (κ3) is 4.06. The van der Waals surface area contributed by atoms with Gasteiger partial charge in [0.05, 0.1) is 10.9 Å². The Morgan fingerprint density at radius 2 is 1.81 bits per heavy atom. The topological polar surface area (TPSA) is 72.2 Å². The van der Waals surface area contributed by atoms with Crippen LogP contribution in [0, 0.1) is 6.92 Å². The van der Waals surface area contributed by atoms with Crippen LogP contribution < -0.4 is 10.5 Å². The molecule has 0 spiro atoms. The maximum absolute atomic E-state index is 11.4. The zero-order valence-electron chi connectivity index (χ0n) is 12.2. The molecule has 0 amide bonds. The molecule has 0 saturated carbocycles. The van der Waals surface area contributed by atoms with E-state index in [0.29, 0.717) is 0 Å². The zero-order chi connectivity index (χ0) is 15.5. The Labute approximate surface area is 126 Å². The summed E-state index contributed by atoms with van der Waals surface area (Å²) in [6.45, 7) is 4.13. The summed E-state index contributed by atoms with van der Waals surface area (Å²) >= 11 is 0. The van der Waals surface area contributed by atoms with Gasteiger partial charge < -0.3 is 5.32 Å². The fourth-order valence-electron chi connectivity index (χ4n) is 2.18. The summed E-state index contributed by atoms with van der Waals surface area (Å²) in [6, 6.07) is 15.0. The smallest absolute Gasteiger partial charge is 0.238 e. The van der Waals surface area contributed by atoms with E-state index in [1.807, 2.05) is 13.0 Å². The lowest BCUT2D eigenvalue weighted by atomic mass is 10.0. The van der Waals surface area contributed by atoms with Crippen molar-refractivity contribution in [2.75, 3.05) is 5.32 Å². The van der Waals surface area contributed by atoms with Crippen molar-refractivity contribution < 1.29 is 8.42 Å². The Morgan fingerprint density at radius 3 is 2.38 bits per heavy atom. The number of rotatable bonds is 5. The minimum absolute atomic E-state index is 0.117. The molecule has 0 aliphatic carbocycles. The average Bonchev–Trinajstić information content (AvgIpc) is 2.45. The van der Waals surface area contributed by atoms with E-state index in [4.69, 9.17) is 5.14 Å². The monoisotopic (exact) mass is 304 g/mol. The number of hydrogen-bond acceptors (Lipinski definition) is 3. The van der Waals surface area contributed by atoms with Crippen molar-refractivity contribution in [2.45, 2.75) is 31.2 Å². The fraction of sp³-hybridized carbons (Fsp3) is 0.250. The van der Waals surface area contributed by atoms with Gasteiger partial charge in [-0.3, -0.25) is 0 Å². The first-order chi connectivity index (χ1) is 9.90. The molecule has 2 aromatic carbocycles. The first-order valence-electron chi connectivity index (χ1n) is 6.86. The van der Waals surface area contributed by atoms with Crippen LogP contribution in [0.3, 0.4) is 0 Å². The zero-order valence-corrected chi connectivity index (χ0v) is 13.0. The molecule has 2 rings (SSSR count). The Kier molecular flexibility index (Phi) is 4.65. The predicted octanol–water partition coefficient (Wildman–Crippen LogP) is 3.21. The van der Waals surface area contributed by atoms with Crippen molar-refractivity contribution in [3.63, 3.8) is 0 Å². The number of anilines is 1. The second-order valence-corrected chi connectivity index (χ2v) is 6.65. The number of sulfonamides is 1. The van der Waals surface area contributed by atoms with Gasteiger partial charge in [-0.2, -0.15) is 0 Å². The van der Waals surface area contributed by atoms with Crippen LogP contribution >= 0.6 is 0 Å². The Morgan fingerprint density at radius 1 is 1.14 bits per heavy atom. The average molecular weight is 304 g/mol. The summed E-state index contributed by atoms with van der Waals surface area (Å²) < 4.78 is 22.8. The minimum Gasteiger partial charge on any atom is -0.378 e. The normalized spacial score (nSPS) is 12.9. The molecule has 0 heterocycles.